The lowest BCUT2D eigenvalue weighted by molar-refractivity contribution is 0.121. The average Bonchev–Trinajstić information content (AvgIpc) is 3.17. The van der Waals surface area contributed by atoms with E-state index in [0.29, 0.717) is 0 Å². The molecule has 1 unspecified atom stereocenters. The predicted molar refractivity (Wildman–Crippen MR) is 70.8 cm³/mol. The number of nitrogens with one attached hydrogen (secondary N) is 1. The van der Waals surface area contributed by atoms with Crippen LogP contribution in [0.15, 0.2) is 24.3 Å². The highest BCUT2D eigenvalue weighted by molar-refractivity contribution is 5.16. The second-order valence-electron chi connectivity index (χ2n) is 5.96. The molecule has 1 N–H and O–H groups in total. The topological polar surface area (TPSA) is 15.3 Å². The minimum absolute atomic E-state index is 0.151. The third-order valence-corrected chi connectivity index (χ3v) is 4.31. The highest BCUT2D eigenvalue weighted by atomic mass is 19.1. The normalized spacial score (nSPS) is 29.4. The summed E-state index contributed by atoms with van der Waals surface area (Å²) in [6.45, 7) is 6.54. The molecule has 1 saturated heterocycles. The van der Waals surface area contributed by atoms with Gasteiger partial charge in [-0.25, -0.2) is 4.39 Å². The zero-order valence-electron chi connectivity index (χ0n) is 11.0. The lowest BCUT2D eigenvalue weighted by Gasteiger charge is -2.42. The lowest BCUT2D eigenvalue weighted by atomic mass is 9.92. The van der Waals surface area contributed by atoms with Crippen molar-refractivity contribution in [1.29, 1.82) is 0 Å². The van der Waals surface area contributed by atoms with E-state index in [9.17, 15) is 4.39 Å². The molecule has 0 amide bonds. The maximum Gasteiger partial charge on any atom is 0.123 e. The van der Waals surface area contributed by atoms with Crippen LogP contribution in [0, 0.1) is 11.7 Å². The van der Waals surface area contributed by atoms with Crippen molar-refractivity contribution in [3.8, 4) is 0 Å². The van der Waals surface area contributed by atoms with E-state index in [-0.39, 0.29) is 11.4 Å². The number of halogens is 1. The summed E-state index contributed by atoms with van der Waals surface area (Å²) < 4.78 is 12.9. The SMILES string of the molecule is CC1(C2CC2)CN(Cc2ccc(F)cc2)CCN1. The lowest BCUT2D eigenvalue weighted by Crippen LogP contribution is -2.59. The van der Waals surface area contributed by atoms with Gasteiger partial charge in [-0.05, 0) is 43.4 Å². The van der Waals surface area contributed by atoms with Crippen LogP contribution in [-0.2, 0) is 6.54 Å². The minimum atomic E-state index is -0.151. The van der Waals surface area contributed by atoms with Crippen molar-refractivity contribution in [2.24, 2.45) is 5.92 Å². The van der Waals surface area contributed by atoms with Crippen LogP contribution in [0.25, 0.3) is 0 Å². The predicted octanol–water partition coefficient (Wildman–Crippen LogP) is 2.40. The largest absolute Gasteiger partial charge is 0.309 e. The van der Waals surface area contributed by atoms with Crippen LogP contribution in [0.2, 0.25) is 0 Å². The van der Waals surface area contributed by atoms with Gasteiger partial charge in [-0.1, -0.05) is 12.1 Å². The molecule has 2 nitrogen and oxygen atoms in total. The molecular weight excluding hydrogens is 227 g/mol. The average molecular weight is 248 g/mol. The Morgan fingerprint density at radius 3 is 2.72 bits per heavy atom. The van der Waals surface area contributed by atoms with Gasteiger partial charge < -0.3 is 5.32 Å². The van der Waals surface area contributed by atoms with E-state index >= 15 is 0 Å². The first-order valence-corrected chi connectivity index (χ1v) is 6.87. The Bertz CT molecular complexity index is 413. The van der Waals surface area contributed by atoms with Gasteiger partial charge in [-0.3, -0.25) is 4.90 Å². The fraction of sp³-hybridized carbons (Fsp3) is 0.600. The number of hydrogen-bond acceptors (Lipinski definition) is 2. The Morgan fingerprint density at radius 2 is 2.06 bits per heavy atom. The van der Waals surface area contributed by atoms with Crippen molar-refractivity contribution in [2.45, 2.75) is 31.8 Å². The summed E-state index contributed by atoms with van der Waals surface area (Å²) in [5.74, 6) is 0.704. The molecule has 2 aliphatic rings. The van der Waals surface area contributed by atoms with Crippen LogP contribution in [-0.4, -0.2) is 30.1 Å². The van der Waals surface area contributed by atoms with E-state index in [1.54, 1.807) is 12.1 Å². The molecule has 3 rings (SSSR count). The van der Waals surface area contributed by atoms with Gasteiger partial charge in [-0.2, -0.15) is 0 Å². The molecule has 1 atom stereocenters. The third kappa shape index (κ3) is 2.57. The first kappa shape index (κ1) is 12.1. The summed E-state index contributed by atoms with van der Waals surface area (Å²) in [6, 6.07) is 6.90. The molecule has 0 aromatic heterocycles. The van der Waals surface area contributed by atoms with E-state index < -0.39 is 0 Å². The molecule has 18 heavy (non-hydrogen) atoms. The molecule has 1 aromatic carbocycles. The van der Waals surface area contributed by atoms with Crippen molar-refractivity contribution in [3.63, 3.8) is 0 Å². The van der Waals surface area contributed by atoms with E-state index in [1.807, 2.05) is 12.1 Å². The summed E-state index contributed by atoms with van der Waals surface area (Å²) in [7, 11) is 0. The second kappa shape index (κ2) is 4.63. The van der Waals surface area contributed by atoms with Gasteiger partial charge in [0.15, 0.2) is 0 Å². The van der Waals surface area contributed by atoms with E-state index in [2.05, 4.69) is 17.1 Å². The third-order valence-electron chi connectivity index (χ3n) is 4.31. The Labute approximate surface area is 108 Å². The van der Waals surface area contributed by atoms with Gasteiger partial charge in [-0.15, -0.1) is 0 Å². The fourth-order valence-corrected chi connectivity index (χ4v) is 3.08. The summed E-state index contributed by atoms with van der Waals surface area (Å²) in [5.41, 5.74) is 1.50. The van der Waals surface area contributed by atoms with E-state index in [0.717, 1.165) is 32.1 Å². The van der Waals surface area contributed by atoms with Crippen LogP contribution in [0.1, 0.15) is 25.3 Å². The van der Waals surface area contributed by atoms with Crippen LogP contribution in [0.3, 0.4) is 0 Å². The molecule has 1 aliphatic heterocycles. The first-order valence-electron chi connectivity index (χ1n) is 6.87. The molecule has 3 heteroatoms. The van der Waals surface area contributed by atoms with Gasteiger partial charge in [0.1, 0.15) is 5.82 Å². The minimum Gasteiger partial charge on any atom is -0.309 e. The maximum absolute atomic E-state index is 12.9. The summed E-state index contributed by atoms with van der Waals surface area (Å²) >= 11 is 0. The fourth-order valence-electron chi connectivity index (χ4n) is 3.08. The highest BCUT2D eigenvalue weighted by Crippen LogP contribution is 2.40. The number of hydrogen-bond donors (Lipinski definition) is 1. The monoisotopic (exact) mass is 248 g/mol. The number of rotatable bonds is 3. The second-order valence-corrected chi connectivity index (χ2v) is 5.96. The van der Waals surface area contributed by atoms with Gasteiger partial charge in [0, 0.05) is 31.7 Å². The zero-order chi connectivity index (χ0) is 12.6. The Balaban J connectivity index is 1.64. The molecule has 1 heterocycles. The molecule has 0 bridgehead atoms. The van der Waals surface area contributed by atoms with Crippen molar-refractivity contribution in [3.05, 3.63) is 35.6 Å². The van der Waals surface area contributed by atoms with Crippen LogP contribution < -0.4 is 5.32 Å². The van der Waals surface area contributed by atoms with Gasteiger partial charge in [0.25, 0.3) is 0 Å². The smallest absolute Gasteiger partial charge is 0.123 e. The zero-order valence-corrected chi connectivity index (χ0v) is 11.0. The maximum atomic E-state index is 12.9. The van der Waals surface area contributed by atoms with Crippen molar-refractivity contribution >= 4 is 0 Å². The van der Waals surface area contributed by atoms with Crippen molar-refractivity contribution < 1.29 is 4.39 Å². The molecule has 1 saturated carbocycles. The van der Waals surface area contributed by atoms with Crippen LogP contribution in [0.5, 0.6) is 0 Å². The Hall–Kier alpha value is -0.930. The van der Waals surface area contributed by atoms with Gasteiger partial charge >= 0.3 is 0 Å². The Morgan fingerprint density at radius 1 is 1.33 bits per heavy atom. The number of piperazine rings is 1. The summed E-state index contributed by atoms with van der Waals surface area (Å²) in [6.07, 6.45) is 2.74. The van der Waals surface area contributed by atoms with Gasteiger partial charge in [0.2, 0.25) is 0 Å². The summed E-state index contributed by atoms with van der Waals surface area (Å²) in [5, 5.41) is 3.68. The van der Waals surface area contributed by atoms with Crippen molar-refractivity contribution in [1.82, 2.24) is 10.2 Å². The van der Waals surface area contributed by atoms with E-state index in [1.165, 1.54) is 18.4 Å². The van der Waals surface area contributed by atoms with Crippen LogP contribution >= 0.6 is 0 Å². The molecule has 1 aromatic rings. The van der Waals surface area contributed by atoms with Crippen LogP contribution in [0.4, 0.5) is 4.39 Å². The summed E-state index contributed by atoms with van der Waals surface area (Å²) in [4.78, 5) is 2.49. The molecule has 0 radical (unpaired) electrons. The Kier molecular flexibility index (Phi) is 3.12. The quantitative estimate of drug-likeness (QED) is 0.883. The molecule has 1 aliphatic carbocycles. The number of nitrogens with zero attached hydrogens (tertiary/aromatic N) is 1. The number of benzene rings is 1. The molecular formula is C15H21FN2. The van der Waals surface area contributed by atoms with Crippen molar-refractivity contribution in [2.75, 3.05) is 19.6 Å². The molecule has 2 fully saturated rings. The van der Waals surface area contributed by atoms with Gasteiger partial charge in [0.05, 0.1) is 0 Å². The molecule has 98 valence electrons. The van der Waals surface area contributed by atoms with E-state index in [4.69, 9.17) is 0 Å². The molecule has 0 spiro atoms. The standard InChI is InChI=1S/C15H21FN2/c1-15(13-4-5-13)11-18(9-8-17-15)10-12-2-6-14(16)7-3-12/h2-3,6-7,13,17H,4-5,8-11H2,1H3. The highest BCUT2D eigenvalue weighted by Gasteiger charge is 2.43. The first-order chi connectivity index (χ1) is 8.66.